The zero-order chi connectivity index (χ0) is 18.4. The second kappa shape index (κ2) is 7.64. The summed E-state index contributed by atoms with van der Waals surface area (Å²) in [5.41, 5.74) is 7.33. The van der Waals surface area contributed by atoms with Gasteiger partial charge >= 0.3 is 0 Å². The number of pyridine rings is 1. The number of anilines is 1. The first-order valence-corrected chi connectivity index (χ1v) is 9.67. The van der Waals surface area contributed by atoms with E-state index in [1.54, 1.807) is 6.33 Å². The number of fused-ring (bicyclic) bond motifs is 3. The van der Waals surface area contributed by atoms with Gasteiger partial charge in [-0.05, 0) is 36.6 Å². The molecule has 8 heteroatoms. The van der Waals surface area contributed by atoms with Crippen molar-refractivity contribution >= 4 is 24.0 Å². The maximum absolute atomic E-state index is 12.9. The standard InChI is InChI=1S/C20H24N6O.ClH/c1-13-16-2-3-21-7-17(16)18-10-26(11-19(18)24-13)20(27)4-14-8-25(9-14)15-5-22-12-23-6-15;/h5-6,12,14,21H,2-4,7-11H2,1H3;1H. The molecule has 0 radical (unpaired) electrons. The van der Waals surface area contributed by atoms with E-state index in [1.807, 2.05) is 17.3 Å². The minimum absolute atomic E-state index is 0. The third kappa shape index (κ3) is 3.33. The number of aromatic nitrogens is 3. The van der Waals surface area contributed by atoms with Crippen LogP contribution >= 0.6 is 12.4 Å². The van der Waals surface area contributed by atoms with Crippen molar-refractivity contribution in [1.82, 2.24) is 25.2 Å². The van der Waals surface area contributed by atoms with Gasteiger partial charge < -0.3 is 15.1 Å². The largest absolute Gasteiger partial charge is 0.368 e. The Hall–Kier alpha value is -2.25. The molecular weight excluding hydrogens is 376 g/mol. The molecule has 28 heavy (non-hydrogen) atoms. The van der Waals surface area contributed by atoms with Crippen LogP contribution in [0.4, 0.5) is 5.69 Å². The summed E-state index contributed by atoms with van der Waals surface area (Å²) < 4.78 is 0. The van der Waals surface area contributed by atoms with Crippen LogP contribution in [0, 0.1) is 12.8 Å². The summed E-state index contributed by atoms with van der Waals surface area (Å²) in [4.78, 5) is 30.0. The van der Waals surface area contributed by atoms with Gasteiger partial charge in [-0.25, -0.2) is 9.97 Å². The highest BCUT2D eigenvalue weighted by molar-refractivity contribution is 5.85. The van der Waals surface area contributed by atoms with E-state index in [0.717, 1.165) is 49.7 Å². The van der Waals surface area contributed by atoms with Crippen LogP contribution in [0.1, 0.15) is 34.5 Å². The second-order valence-electron chi connectivity index (χ2n) is 7.83. The molecular formula is C20H25ClN6O. The van der Waals surface area contributed by atoms with Crippen molar-refractivity contribution in [3.8, 4) is 0 Å². The highest BCUT2D eigenvalue weighted by atomic mass is 35.5. The van der Waals surface area contributed by atoms with Crippen molar-refractivity contribution in [3.05, 3.63) is 46.8 Å². The van der Waals surface area contributed by atoms with Crippen LogP contribution in [0.15, 0.2) is 18.7 Å². The maximum Gasteiger partial charge on any atom is 0.223 e. The predicted molar refractivity (Wildman–Crippen MR) is 108 cm³/mol. The number of nitrogens with zero attached hydrogens (tertiary/aromatic N) is 5. The van der Waals surface area contributed by atoms with Crippen molar-refractivity contribution in [2.45, 2.75) is 39.4 Å². The average molecular weight is 401 g/mol. The first kappa shape index (κ1) is 19.1. The Morgan fingerprint density at radius 2 is 1.96 bits per heavy atom. The Kier molecular flexibility index (Phi) is 5.21. The zero-order valence-electron chi connectivity index (χ0n) is 16.0. The van der Waals surface area contributed by atoms with Gasteiger partial charge in [0, 0.05) is 44.2 Å². The van der Waals surface area contributed by atoms with E-state index >= 15 is 0 Å². The summed E-state index contributed by atoms with van der Waals surface area (Å²) in [5.74, 6) is 0.656. The molecule has 1 N–H and O–H groups in total. The molecule has 3 aliphatic heterocycles. The lowest BCUT2D eigenvalue weighted by molar-refractivity contribution is -0.133. The highest BCUT2D eigenvalue weighted by Crippen LogP contribution is 2.32. The van der Waals surface area contributed by atoms with Gasteiger partial charge in [-0.1, -0.05) is 0 Å². The minimum atomic E-state index is 0. The molecule has 0 spiro atoms. The third-order valence-electron chi connectivity index (χ3n) is 6.04. The van der Waals surface area contributed by atoms with E-state index in [-0.39, 0.29) is 18.3 Å². The van der Waals surface area contributed by atoms with Gasteiger partial charge in [0.25, 0.3) is 0 Å². The van der Waals surface area contributed by atoms with Crippen molar-refractivity contribution in [1.29, 1.82) is 0 Å². The van der Waals surface area contributed by atoms with E-state index in [1.165, 1.54) is 16.7 Å². The predicted octanol–water partition coefficient (Wildman–Crippen LogP) is 1.62. The average Bonchev–Trinajstić information content (AvgIpc) is 3.09. The molecule has 0 aliphatic carbocycles. The molecule has 5 rings (SSSR count). The summed E-state index contributed by atoms with van der Waals surface area (Å²) in [7, 11) is 0. The van der Waals surface area contributed by atoms with Crippen LogP contribution in [0.25, 0.3) is 0 Å². The van der Waals surface area contributed by atoms with Crippen LogP contribution in [0.2, 0.25) is 0 Å². The third-order valence-corrected chi connectivity index (χ3v) is 6.04. The number of halogens is 1. The SMILES string of the molecule is Cc1nc2c(c3c1CCNC3)CN(C(=O)CC1CN(c3cncnc3)C1)C2.Cl. The molecule has 1 fully saturated rings. The molecule has 0 unspecified atom stereocenters. The van der Waals surface area contributed by atoms with E-state index in [2.05, 4.69) is 27.1 Å². The number of carbonyl (C=O) groups is 1. The number of amides is 1. The number of nitrogens with one attached hydrogen (secondary N) is 1. The van der Waals surface area contributed by atoms with Gasteiger partial charge in [-0.3, -0.25) is 9.78 Å². The van der Waals surface area contributed by atoms with Crippen LogP contribution in [0.3, 0.4) is 0 Å². The molecule has 1 saturated heterocycles. The normalized spacial score (nSPS) is 18.2. The number of hydrogen-bond acceptors (Lipinski definition) is 6. The summed E-state index contributed by atoms with van der Waals surface area (Å²) in [6.07, 6.45) is 6.84. The fourth-order valence-electron chi connectivity index (χ4n) is 4.55. The van der Waals surface area contributed by atoms with Crippen LogP contribution < -0.4 is 10.2 Å². The molecule has 2 aromatic rings. The lowest BCUT2D eigenvalue weighted by atomic mass is 9.94. The van der Waals surface area contributed by atoms with Gasteiger partial charge in [0.15, 0.2) is 0 Å². The Balaban J connectivity index is 0.00000192. The van der Waals surface area contributed by atoms with E-state index in [4.69, 9.17) is 4.98 Å². The molecule has 0 saturated carbocycles. The molecule has 0 bridgehead atoms. The molecule has 1 amide bonds. The van der Waals surface area contributed by atoms with Crippen molar-refractivity contribution in [2.75, 3.05) is 24.5 Å². The lowest BCUT2D eigenvalue weighted by Crippen LogP contribution is -2.48. The number of carbonyl (C=O) groups excluding carboxylic acids is 1. The highest BCUT2D eigenvalue weighted by Gasteiger charge is 2.34. The Morgan fingerprint density at radius 1 is 1.18 bits per heavy atom. The van der Waals surface area contributed by atoms with E-state index in [9.17, 15) is 4.79 Å². The summed E-state index contributed by atoms with van der Waals surface area (Å²) >= 11 is 0. The van der Waals surface area contributed by atoms with E-state index < -0.39 is 0 Å². The van der Waals surface area contributed by atoms with Gasteiger partial charge in [-0.15, -0.1) is 12.4 Å². The van der Waals surface area contributed by atoms with Crippen molar-refractivity contribution < 1.29 is 4.79 Å². The topological polar surface area (TPSA) is 74.2 Å². The molecule has 3 aliphatic rings. The summed E-state index contributed by atoms with van der Waals surface area (Å²) in [6.45, 7) is 7.19. The fourth-order valence-corrected chi connectivity index (χ4v) is 4.55. The van der Waals surface area contributed by atoms with Gasteiger partial charge in [0.05, 0.1) is 30.3 Å². The summed E-state index contributed by atoms with van der Waals surface area (Å²) in [5, 5.41) is 3.47. The summed E-state index contributed by atoms with van der Waals surface area (Å²) in [6, 6.07) is 0. The van der Waals surface area contributed by atoms with Gasteiger partial charge in [-0.2, -0.15) is 0 Å². The number of rotatable bonds is 3. The van der Waals surface area contributed by atoms with Gasteiger partial charge in [0.1, 0.15) is 6.33 Å². The van der Waals surface area contributed by atoms with Crippen molar-refractivity contribution in [2.24, 2.45) is 5.92 Å². The first-order chi connectivity index (χ1) is 13.2. The monoisotopic (exact) mass is 400 g/mol. The molecule has 5 heterocycles. The molecule has 0 aromatic carbocycles. The molecule has 148 valence electrons. The maximum atomic E-state index is 12.9. The fraction of sp³-hybridized carbons (Fsp3) is 0.500. The van der Waals surface area contributed by atoms with Crippen LogP contribution in [-0.2, 0) is 30.8 Å². The minimum Gasteiger partial charge on any atom is -0.368 e. The van der Waals surface area contributed by atoms with E-state index in [0.29, 0.717) is 25.4 Å². The Bertz CT molecular complexity index is 884. The quantitative estimate of drug-likeness (QED) is 0.843. The van der Waals surface area contributed by atoms with Crippen LogP contribution in [-0.4, -0.2) is 45.4 Å². The molecule has 0 atom stereocenters. The van der Waals surface area contributed by atoms with Crippen molar-refractivity contribution in [3.63, 3.8) is 0 Å². The Morgan fingerprint density at radius 3 is 2.75 bits per heavy atom. The molecule has 2 aromatic heterocycles. The number of hydrogen-bond donors (Lipinski definition) is 1. The van der Waals surface area contributed by atoms with Gasteiger partial charge in [0.2, 0.25) is 5.91 Å². The van der Waals surface area contributed by atoms with Crippen LogP contribution in [0.5, 0.6) is 0 Å². The number of aryl methyl sites for hydroxylation is 1. The smallest absolute Gasteiger partial charge is 0.223 e. The zero-order valence-corrected chi connectivity index (χ0v) is 16.8. The Labute approximate surface area is 171 Å². The first-order valence-electron chi connectivity index (χ1n) is 9.67. The molecule has 7 nitrogen and oxygen atoms in total. The second-order valence-corrected chi connectivity index (χ2v) is 7.83. The lowest BCUT2D eigenvalue weighted by Gasteiger charge is -2.40.